The lowest BCUT2D eigenvalue weighted by molar-refractivity contribution is -0.140. The van der Waals surface area contributed by atoms with Crippen molar-refractivity contribution in [3.05, 3.63) is 11.8 Å². The number of carbonyl (C=O) groups excluding carboxylic acids is 4. The average molecular weight is 478 g/mol. The zero-order chi connectivity index (χ0) is 25.0. The second-order valence-electron chi connectivity index (χ2n) is 9.39. The molecule has 3 rings (SSSR count). The van der Waals surface area contributed by atoms with Crippen LogP contribution in [0.25, 0.3) is 0 Å². The fourth-order valence-corrected chi connectivity index (χ4v) is 4.32. The molecular formula is C22H35N7O5. The van der Waals surface area contributed by atoms with Gasteiger partial charge in [0.2, 0.25) is 23.6 Å². The Balaban J connectivity index is 1.92. The molecule has 3 heterocycles. The lowest BCUT2D eigenvalue weighted by Gasteiger charge is -2.29. The van der Waals surface area contributed by atoms with Gasteiger partial charge in [-0.25, -0.2) is 4.79 Å². The van der Waals surface area contributed by atoms with E-state index in [9.17, 15) is 19.2 Å². The number of urea groups is 1. The first-order valence-corrected chi connectivity index (χ1v) is 11.9. The second-order valence-corrected chi connectivity index (χ2v) is 9.39. The van der Waals surface area contributed by atoms with Gasteiger partial charge in [-0.15, -0.1) is 10.2 Å². The quantitative estimate of drug-likeness (QED) is 0.500. The summed E-state index contributed by atoms with van der Waals surface area (Å²) in [5.41, 5.74) is 0. The van der Waals surface area contributed by atoms with Crippen molar-refractivity contribution in [1.29, 1.82) is 0 Å². The van der Waals surface area contributed by atoms with Gasteiger partial charge in [-0.1, -0.05) is 20.8 Å². The van der Waals surface area contributed by atoms with Crippen molar-refractivity contribution in [2.24, 2.45) is 5.92 Å². The van der Waals surface area contributed by atoms with Crippen molar-refractivity contribution >= 4 is 23.8 Å². The minimum absolute atomic E-state index is 0.0838. The summed E-state index contributed by atoms with van der Waals surface area (Å²) in [7, 11) is 0. The monoisotopic (exact) mass is 477 g/mol. The Morgan fingerprint density at radius 3 is 2.38 bits per heavy atom. The standard InChI is InChI=1S/C22H35N7O5/c1-6-14-20-28-27-19(34-20)12(4)24-22(33)26-17(30)15(10-11(2)3)25-18(31)16-8-7-9-29(16)21(32)13(5)23-14/h11-16,23H,6-10H2,1-5H3,(H,25,31)(H2,24,26,30,33)/t12-,13-,14?,15-,16-/m0/s1. The van der Waals surface area contributed by atoms with Gasteiger partial charge in [0, 0.05) is 6.54 Å². The smallest absolute Gasteiger partial charge is 0.322 e. The average Bonchev–Trinajstić information content (AvgIpc) is 3.45. The van der Waals surface area contributed by atoms with E-state index in [1.54, 1.807) is 18.7 Å². The SMILES string of the molecule is CCC1N[C@@H](C)C(=O)N2CCC[C@H]2C(=O)N[C@@H](CC(C)C)C(=O)NC(=O)N[C@@H](C)c2nnc1o2. The van der Waals surface area contributed by atoms with E-state index in [0.717, 1.165) is 0 Å². The highest BCUT2D eigenvalue weighted by Gasteiger charge is 2.38. The Bertz CT molecular complexity index is 917. The maximum absolute atomic E-state index is 13.2. The van der Waals surface area contributed by atoms with Crippen molar-refractivity contribution in [2.75, 3.05) is 6.54 Å². The molecule has 5 atom stereocenters. The summed E-state index contributed by atoms with van der Waals surface area (Å²) in [4.78, 5) is 53.2. The van der Waals surface area contributed by atoms with Crippen LogP contribution < -0.4 is 21.3 Å². The highest BCUT2D eigenvalue weighted by atomic mass is 16.4. The number of amides is 5. The van der Waals surface area contributed by atoms with Gasteiger partial charge in [-0.3, -0.25) is 25.0 Å². The zero-order valence-electron chi connectivity index (χ0n) is 20.4. The third-order valence-corrected chi connectivity index (χ3v) is 6.12. The molecule has 1 aromatic heterocycles. The van der Waals surface area contributed by atoms with Crippen LogP contribution in [0.1, 0.15) is 84.2 Å². The van der Waals surface area contributed by atoms with E-state index < -0.39 is 42.0 Å². The normalized spacial score (nSPS) is 29.4. The van der Waals surface area contributed by atoms with Gasteiger partial charge < -0.3 is 20.0 Å². The van der Waals surface area contributed by atoms with Gasteiger partial charge in [-0.2, -0.15) is 0 Å². The maximum Gasteiger partial charge on any atom is 0.322 e. The third kappa shape index (κ3) is 5.91. The first kappa shape index (κ1) is 25.6. The highest BCUT2D eigenvalue weighted by molar-refractivity contribution is 5.99. The molecule has 0 radical (unpaired) electrons. The molecule has 2 aliphatic heterocycles. The van der Waals surface area contributed by atoms with Crippen LogP contribution in [0.3, 0.4) is 0 Å². The summed E-state index contributed by atoms with van der Waals surface area (Å²) in [6.45, 7) is 9.59. The number of hydrogen-bond acceptors (Lipinski definition) is 8. The van der Waals surface area contributed by atoms with Gasteiger partial charge in [0.1, 0.15) is 18.1 Å². The molecule has 12 nitrogen and oxygen atoms in total. The minimum atomic E-state index is -0.920. The third-order valence-electron chi connectivity index (χ3n) is 6.12. The summed E-state index contributed by atoms with van der Waals surface area (Å²) in [6, 6.07) is -3.98. The number of fused-ring (bicyclic) bond motifs is 3. The molecule has 1 aromatic rings. The molecule has 188 valence electrons. The Labute approximate surface area is 199 Å². The largest absolute Gasteiger partial charge is 0.421 e. The lowest BCUT2D eigenvalue weighted by atomic mass is 10.0. The number of imide groups is 1. The van der Waals surface area contributed by atoms with E-state index in [1.165, 1.54) is 0 Å². The molecule has 12 heteroatoms. The van der Waals surface area contributed by atoms with Crippen LogP contribution in [0.5, 0.6) is 0 Å². The van der Waals surface area contributed by atoms with E-state index in [2.05, 4.69) is 31.5 Å². The van der Waals surface area contributed by atoms with E-state index in [4.69, 9.17) is 4.42 Å². The maximum atomic E-state index is 13.2. The van der Waals surface area contributed by atoms with Crippen molar-refractivity contribution in [1.82, 2.24) is 36.4 Å². The molecule has 2 bridgehead atoms. The topological polar surface area (TPSA) is 159 Å². The van der Waals surface area contributed by atoms with Crippen molar-refractivity contribution in [3.63, 3.8) is 0 Å². The first-order chi connectivity index (χ1) is 16.1. The minimum Gasteiger partial charge on any atom is -0.421 e. The molecule has 34 heavy (non-hydrogen) atoms. The fourth-order valence-electron chi connectivity index (χ4n) is 4.32. The van der Waals surface area contributed by atoms with Gasteiger partial charge in [-0.05, 0) is 45.4 Å². The van der Waals surface area contributed by atoms with Crippen LogP contribution in [-0.4, -0.2) is 63.5 Å². The van der Waals surface area contributed by atoms with Crippen molar-refractivity contribution in [2.45, 2.75) is 90.5 Å². The molecule has 0 spiro atoms. The number of nitrogens with zero attached hydrogens (tertiary/aromatic N) is 3. The van der Waals surface area contributed by atoms with Gasteiger partial charge >= 0.3 is 6.03 Å². The van der Waals surface area contributed by atoms with Crippen LogP contribution in [0.2, 0.25) is 0 Å². The van der Waals surface area contributed by atoms with Crippen LogP contribution >= 0.6 is 0 Å². The summed E-state index contributed by atoms with van der Waals surface area (Å²) in [6.07, 6.45) is 2.10. The summed E-state index contributed by atoms with van der Waals surface area (Å²) in [5.74, 6) is -0.688. The predicted molar refractivity (Wildman–Crippen MR) is 121 cm³/mol. The highest BCUT2D eigenvalue weighted by Crippen LogP contribution is 2.22. The van der Waals surface area contributed by atoms with Gasteiger partial charge in [0.15, 0.2) is 0 Å². The van der Waals surface area contributed by atoms with Crippen LogP contribution in [0, 0.1) is 5.92 Å². The van der Waals surface area contributed by atoms with Crippen molar-refractivity contribution in [3.8, 4) is 0 Å². The fraction of sp³-hybridized carbons (Fsp3) is 0.727. The van der Waals surface area contributed by atoms with Crippen LogP contribution in [0.4, 0.5) is 4.79 Å². The van der Waals surface area contributed by atoms with Crippen LogP contribution in [-0.2, 0) is 14.4 Å². The molecule has 2 aliphatic rings. The Morgan fingerprint density at radius 1 is 1.00 bits per heavy atom. The number of rotatable bonds is 3. The first-order valence-electron chi connectivity index (χ1n) is 11.9. The Morgan fingerprint density at radius 2 is 1.71 bits per heavy atom. The Kier molecular flexibility index (Phi) is 8.24. The molecule has 1 unspecified atom stereocenters. The molecule has 0 saturated carbocycles. The predicted octanol–water partition coefficient (Wildman–Crippen LogP) is 0.921. The number of carbonyl (C=O) groups is 4. The van der Waals surface area contributed by atoms with Crippen molar-refractivity contribution < 1.29 is 23.6 Å². The summed E-state index contributed by atoms with van der Waals surface area (Å²) in [5, 5.41) is 19.0. The number of hydrogen-bond donors (Lipinski definition) is 4. The van der Waals surface area contributed by atoms with E-state index in [-0.39, 0.29) is 23.8 Å². The number of nitrogens with one attached hydrogen (secondary N) is 4. The molecular weight excluding hydrogens is 442 g/mol. The lowest BCUT2D eigenvalue weighted by Crippen LogP contribution is -2.56. The zero-order valence-corrected chi connectivity index (χ0v) is 20.4. The molecule has 4 N–H and O–H groups in total. The molecule has 0 aromatic carbocycles. The van der Waals surface area contributed by atoms with Crippen LogP contribution in [0.15, 0.2) is 4.42 Å². The second kappa shape index (κ2) is 10.9. The molecule has 1 saturated heterocycles. The van der Waals surface area contributed by atoms with E-state index >= 15 is 0 Å². The van der Waals surface area contributed by atoms with Gasteiger partial charge in [0.05, 0.1) is 12.1 Å². The molecule has 1 fully saturated rings. The summed E-state index contributed by atoms with van der Waals surface area (Å²) >= 11 is 0. The Hall–Kier alpha value is -3.02. The van der Waals surface area contributed by atoms with E-state index in [1.807, 2.05) is 20.8 Å². The number of aromatic nitrogens is 2. The summed E-state index contributed by atoms with van der Waals surface area (Å²) < 4.78 is 5.76. The molecule has 0 aliphatic carbocycles. The molecule has 5 amide bonds. The van der Waals surface area contributed by atoms with Gasteiger partial charge in [0.25, 0.3) is 5.91 Å². The van der Waals surface area contributed by atoms with E-state index in [0.29, 0.717) is 38.1 Å².